The fourth-order valence-corrected chi connectivity index (χ4v) is 3.29. The Hall–Kier alpha value is -2.72. The molecule has 0 radical (unpaired) electrons. The summed E-state index contributed by atoms with van der Waals surface area (Å²) in [5.41, 5.74) is 4.55. The highest BCUT2D eigenvalue weighted by atomic mass is 35.5. The van der Waals surface area contributed by atoms with Gasteiger partial charge in [-0.1, -0.05) is 44.5 Å². The van der Waals surface area contributed by atoms with E-state index in [0.717, 1.165) is 11.0 Å². The second-order valence-electron chi connectivity index (χ2n) is 7.60. The molecule has 0 saturated carbocycles. The summed E-state index contributed by atoms with van der Waals surface area (Å²) < 4.78 is 14.8. The zero-order valence-corrected chi connectivity index (χ0v) is 16.1. The van der Waals surface area contributed by atoms with Crippen LogP contribution in [-0.2, 0) is 5.41 Å². The number of hydrogen-bond acceptors (Lipinski definition) is 2. The number of halogens is 2. The van der Waals surface area contributed by atoms with E-state index in [0.29, 0.717) is 27.7 Å². The van der Waals surface area contributed by atoms with E-state index in [1.54, 1.807) is 30.5 Å². The molecule has 3 nitrogen and oxygen atoms in total. The minimum atomic E-state index is -0.371. The highest BCUT2D eigenvalue weighted by Crippen LogP contribution is 2.31. The van der Waals surface area contributed by atoms with Crippen LogP contribution in [0, 0.1) is 5.82 Å². The van der Waals surface area contributed by atoms with Crippen molar-refractivity contribution in [2.45, 2.75) is 26.2 Å². The number of benzene rings is 2. The number of rotatable bonds is 2. The number of aromatic amines is 1. The van der Waals surface area contributed by atoms with Crippen LogP contribution in [0.2, 0.25) is 5.02 Å². The van der Waals surface area contributed by atoms with Crippen LogP contribution >= 0.6 is 11.6 Å². The third-order valence-corrected chi connectivity index (χ3v) is 4.91. The number of pyridine rings is 1. The van der Waals surface area contributed by atoms with E-state index in [9.17, 15) is 4.39 Å². The van der Waals surface area contributed by atoms with Gasteiger partial charge in [-0.25, -0.2) is 9.37 Å². The second-order valence-corrected chi connectivity index (χ2v) is 8.00. The Morgan fingerprint density at radius 2 is 1.85 bits per heavy atom. The van der Waals surface area contributed by atoms with Crippen LogP contribution in [0.25, 0.3) is 33.7 Å². The molecule has 0 amide bonds. The summed E-state index contributed by atoms with van der Waals surface area (Å²) in [4.78, 5) is 12.0. The molecule has 4 rings (SSSR count). The normalized spacial score (nSPS) is 11.9. The summed E-state index contributed by atoms with van der Waals surface area (Å²) in [6.07, 6.45) is 1.64. The SMILES string of the molecule is CC(C)(C)c1ccc2nc(-c3ccc(-c4ncccc4Cl)cc3F)[nH]c2c1. The maximum absolute atomic E-state index is 14.8. The number of fused-ring (bicyclic) bond motifs is 1. The zero-order chi connectivity index (χ0) is 19.2. The molecule has 0 aliphatic carbocycles. The number of hydrogen-bond donors (Lipinski definition) is 1. The Morgan fingerprint density at radius 1 is 1.04 bits per heavy atom. The molecule has 0 aliphatic rings. The van der Waals surface area contributed by atoms with Crippen LogP contribution in [-0.4, -0.2) is 15.0 Å². The van der Waals surface area contributed by atoms with Crippen LogP contribution in [0.15, 0.2) is 54.7 Å². The first-order valence-electron chi connectivity index (χ1n) is 8.74. The third kappa shape index (κ3) is 3.33. The maximum Gasteiger partial charge on any atom is 0.141 e. The minimum absolute atomic E-state index is 0.0360. The summed E-state index contributed by atoms with van der Waals surface area (Å²) in [5.74, 6) is 0.136. The quantitative estimate of drug-likeness (QED) is 0.439. The van der Waals surface area contributed by atoms with Gasteiger partial charge in [0.2, 0.25) is 0 Å². The van der Waals surface area contributed by atoms with Crippen LogP contribution in [0.4, 0.5) is 4.39 Å². The Kier molecular flexibility index (Phi) is 4.23. The van der Waals surface area contributed by atoms with Crippen LogP contribution in [0.5, 0.6) is 0 Å². The van der Waals surface area contributed by atoms with Crippen molar-refractivity contribution in [3.05, 3.63) is 71.1 Å². The Balaban J connectivity index is 1.76. The molecule has 5 heteroatoms. The molecule has 2 aromatic heterocycles. The van der Waals surface area contributed by atoms with Gasteiger partial charge in [-0.05, 0) is 47.4 Å². The van der Waals surface area contributed by atoms with Gasteiger partial charge >= 0.3 is 0 Å². The summed E-state index contributed by atoms with van der Waals surface area (Å²) in [6, 6.07) is 14.5. The number of H-pyrrole nitrogens is 1. The maximum atomic E-state index is 14.8. The first kappa shape index (κ1) is 17.7. The number of imidazole rings is 1. The van der Waals surface area contributed by atoms with E-state index in [-0.39, 0.29) is 11.2 Å². The molecular weight excluding hydrogens is 361 g/mol. The van der Waals surface area contributed by atoms with Crippen molar-refractivity contribution in [1.82, 2.24) is 15.0 Å². The molecule has 0 aliphatic heterocycles. The lowest BCUT2D eigenvalue weighted by Gasteiger charge is -2.18. The molecule has 2 aromatic carbocycles. The summed E-state index contributed by atoms with van der Waals surface area (Å²) in [5, 5.41) is 0.489. The average Bonchev–Trinajstić information content (AvgIpc) is 3.04. The molecule has 0 bridgehead atoms. The first-order valence-corrected chi connectivity index (χ1v) is 9.12. The van der Waals surface area contributed by atoms with Crippen LogP contribution in [0.1, 0.15) is 26.3 Å². The first-order chi connectivity index (χ1) is 12.8. The molecule has 136 valence electrons. The summed E-state index contributed by atoms with van der Waals surface area (Å²) in [7, 11) is 0. The van der Waals surface area contributed by atoms with Crippen molar-refractivity contribution in [3.8, 4) is 22.6 Å². The number of nitrogens with one attached hydrogen (secondary N) is 1. The van der Waals surface area contributed by atoms with Gasteiger partial charge in [0.15, 0.2) is 0 Å². The average molecular weight is 380 g/mol. The van der Waals surface area contributed by atoms with Gasteiger partial charge in [0.25, 0.3) is 0 Å². The molecule has 2 heterocycles. The number of aromatic nitrogens is 3. The highest BCUT2D eigenvalue weighted by Gasteiger charge is 2.17. The van der Waals surface area contributed by atoms with E-state index in [1.165, 1.54) is 11.6 Å². The van der Waals surface area contributed by atoms with Crippen molar-refractivity contribution in [3.63, 3.8) is 0 Å². The van der Waals surface area contributed by atoms with E-state index >= 15 is 0 Å². The Bertz CT molecular complexity index is 1140. The molecule has 0 spiro atoms. The van der Waals surface area contributed by atoms with Gasteiger partial charge < -0.3 is 4.98 Å². The van der Waals surface area contributed by atoms with E-state index in [4.69, 9.17) is 11.6 Å². The van der Waals surface area contributed by atoms with Gasteiger partial charge in [-0.3, -0.25) is 4.98 Å². The molecule has 0 fully saturated rings. The van der Waals surface area contributed by atoms with E-state index in [2.05, 4.69) is 47.9 Å². The molecule has 0 atom stereocenters. The topological polar surface area (TPSA) is 41.6 Å². The van der Waals surface area contributed by atoms with Gasteiger partial charge in [-0.15, -0.1) is 0 Å². The summed E-state index contributed by atoms with van der Waals surface area (Å²) >= 11 is 6.17. The van der Waals surface area contributed by atoms with Crippen molar-refractivity contribution in [2.75, 3.05) is 0 Å². The molecule has 0 unspecified atom stereocenters. The monoisotopic (exact) mass is 379 g/mol. The predicted molar refractivity (Wildman–Crippen MR) is 108 cm³/mol. The Morgan fingerprint density at radius 3 is 2.56 bits per heavy atom. The largest absolute Gasteiger partial charge is 0.338 e. The van der Waals surface area contributed by atoms with E-state index < -0.39 is 0 Å². The highest BCUT2D eigenvalue weighted by molar-refractivity contribution is 6.33. The van der Waals surface area contributed by atoms with Gasteiger partial charge in [-0.2, -0.15) is 0 Å². The van der Waals surface area contributed by atoms with Crippen molar-refractivity contribution in [1.29, 1.82) is 0 Å². The second kappa shape index (κ2) is 6.46. The van der Waals surface area contributed by atoms with Crippen molar-refractivity contribution in [2.24, 2.45) is 0 Å². The van der Waals surface area contributed by atoms with Crippen molar-refractivity contribution >= 4 is 22.6 Å². The lowest BCUT2D eigenvalue weighted by Crippen LogP contribution is -2.10. The smallest absolute Gasteiger partial charge is 0.141 e. The molecule has 0 saturated heterocycles. The predicted octanol–water partition coefficient (Wildman–Crippen LogP) is 6.38. The summed E-state index contributed by atoms with van der Waals surface area (Å²) in [6.45, 7) is 6.48. The Labute approximate surface area is 162 Å². The van der Waals surface area contributed by atoms with E-state index in [1.807, 2.05) is 6.07 Å². The zero-order valence-electron chi connectivity index (χ0n) is 15.3. The fourth-order valence-electron chi connectivity index (χ4n) is 3.06. The molecule has 4 aromatic rings. The molecule has 27 heavy (non-hydrogen) atoms. The van der Waals surface area contributed by atoms with Crippen LogP contribution < -0.4 is 0 Å². The fraction of sp³-hybridized carbons (Fsp3) is 0.182. The number of nitrogens with zero attached hydrogens (tertiary/aromatic N) is 2. The van der Waals surface area contributed by atoms with Crippen LogP contribution in [0.3, 0.4) is 0 Å². The van der Waals surface area contributed by atoms with Gasteiger partial charge in [0.1, 0.15) is 11.6 Å². The van der Waals surface area contributed by atoms with Gasteiger partial charge in [0, 0.05) is 11.8 Å². The van der Waals surface area contributed by atoms with Crippen molar-refractivity contribution < 1.29 is 4.39 Å². The lowest BCUT2D eigenvalue weighted by atomic mass is 9.87. The lowest BCUT2D eigenvalue weighted by molar-refractivity contribution is 0.591. The molecule has 1 N–H and O–H groups in total. The standard InChI is InChI=1S/C22H19ClFN3/c1-22(2,3)14-7-9-18-19(12-14)27-21(26-18)15-8-6-13(11-17(15)24)20-16(23)5-4-10-25-20/h4-12H,1-3H3,(H,26,27). The van der Waals surface area contributed by atoms with Gasteiger partial charge in [0.05, 0.1) is 27.3 Å². The third-order valence-electron chi connectivity index (χ3n) is 4.60. The molecular formula is C22H19ClFN3. The minimum Gasteiger partial charge on any atom is -0.338 e.